The first-order chi connectivity index (χ1) is 9.93. The van der Waals surface area contributed by atoms with Gasteiger partial charge in [0.05, 0.1) is 28.3 Å². The number of nitrogens with one attached hydrogen (secondary N) is 1. The van der Waals surface area contributed by atoms with Crippen LogP contribution < -0.4 is 11.1 Å². The second kappa shape index (κ2) is 5.67. The summed E-state index contributed by atoms with van der Waals surface area (Å²) in [5.74, 6) is -0.248. The zero-order valence-electron chi connectivity index (χ0n) is 12.3. The topological polar surface area (TPSA) is 96.7 Å². The number of benzene rings is 1. The van der Waals surface area contributed by atoms with E-state index in [1.807, 2.05) is 19.9 Å². The number of nitriles is 1. The predicted molar refractivity (Wildman–Crippen MR) is 80.6 cm³/mol. The summed E-state index contributed by atoms with van der Waals surface area (Å²) in [4.78, 5) is 12.1. The van der Waals surface area contributed by atoms with Crippen LogP contribution in [0.4, 0.5) is 11.4 Å². The van der Waals surface area contributed by atoms with E-state index in [-0.39, 0.29) is 12.5 Å². The highest BCUT2D eigenvalue weighted by molar-refractivity contribution is 5.92. The van der Waals surface area contributed by atoms with Crippen molar-refractivity contribution in [2.24, 2.45) is 0 Å². The van der Waals surface area contributed by atoms with Crippen molar-refractivity contribution >= 4 is 17.3 Å². The number of rotatable bonds is 3. The van der Waals surface area contributed by atoms with Gasteiger partial charge in [0.15, 0.2) is 0 Å². The third kappa shape index (κ3) is 2.87. The minimum atomic E-state index is -0.248. The van der Waals surface area contributed by atoms with Crippen LogP contribution in [0.25, 0.3) is 0 Å². The van der Waals surface area contributed by atoms with E-state index < -0.39 is 0 Å². The van der Waals surface area contributed by atoms with Crippen molar-refractivity contribution in [3.8, 4) is 6.07 Å². The molecular formula is C15H17N5O. The lowest BCUT2D eigenvalue weighted by Gasteiger charge is -2.09. The van der Waals surface area contributed by atoms with Crippen LogP contribution in [0.1, 0.15) is 22.5 Å². The molecule has 0 saturated heterocycles. The molecule has 0 spiro atoms. The molecule has 1 aromatic heterocycles. The summed E-state index contributed by atoms with van der Waals surface area (Å²) in [6, 6.07) is 7.44. The fourth-order valence-corrected chi connectivity index (χ4v) is 2.11. The minimum absolute atomic E-state index is 0.0582. The standard InChI is InChI=1S/C15H17N5O/c1-9-5-4-6-13(12(9)7-16)18-14(21)8-20-11(3)15(17)10(2)19-20/h4-6H,8,17H2,1-3H3,(H,18,21). The summed E-state index contributed by atoms with van der Waals surface area (Å²) in [6.07, 6.45) is 0. The molecule has 6 heteroatoms. The highest BCUT2D eigenvalue weighted by atomic mass is 16.2. The number of nitrogens with zero attached hydrogens (tertiary/aromatic N) is 3. The van der Waals surface area contributed by atoms with Crippen molar-refractivity contribution in [3.05, 3.63) is 40.7 Å². The number of hydrogen-bond acceptors (Lipinski definition) is 4. The van der Waals surface area contributed by atoms with E-state index in [0.29, 0.717) is 22.6 Å². The summed E-state index contributed by atoms with van der Waals surface area (Å²) in [5, 5.41) is 16.1. The number of hydrogen-bond donors (Lipinski definition) is 2. The van der Waals surface area contributed by atoms with Gasteiger partial charge in [0, 0.05) is 0 Å². The molecule has 1 heterocycles. The molecule has 108 valence electrons. The molecule has 1 amide bonds. The molecule has 0 bridgehead atoms. The van der Waals surface area contributed by atoms with E-state index in [1.165, 1.54) is 0 Å². The van der Waals surface area contributed by atoms with Gasteiger partial charge in [-0.1, -0.05) is 12.1 Å². The molecule has 2 aromatic rings. The first kappa shape index (κ1) is 14.6. The number of carbonyl (C=O) groups is 1. The number of carbonyl (C=O) groups excluding carboxylic acids is 1. The first-order valence-corrected chi connectivity index (χ1v) is 6.53. The van der Waals surface area contributed by atoms with Gasteiger partial charge in [-0.25, -0.2) is 0 Å². The minimum Gasteiger partial charge on any atom is -0.396 e. The molecule has 6 nitrogen and oxygen atoms in total. The molecule has 0 aliphatic rings. The molecule has 0 saturated carbocycles. The number of aromatic nitrogens is 2. The normalized spacial score (nSPS) is 10.2. The Morgan fingerprint density at radius 2 is 2.14 bits per heavy atom. The van der Waals surface area contributed by atoms with Crippen LogP contribution in [0.3, 0.4) is 0 Å². The van der Waals surface area contributed by atoms with Crippen LogP contribution >= 0.6 is 0 Å². The Balaban J connectivity index is 2.18. The molecule has 0 unspecified atom stereocenters. The van der Waals surface area contributed by atoms with E-state index in [0.717, 1.165) is 11.3 Å². The quantitative estimate of drug-likeness (QED) is 0.899. The lowest BCUT2D eigenvalue weighted by atomic mass is 10.1. The van der Waals surface area contributed by atoms with Gasteiger partial charge in [-0.15, -0.1) is 0 Å². The Labute approximate surface area is 123 Å². The summed E-state index contributed by atoms with van der Waals surface area (Å²) < 4.78 is 1.56. The van der Waals surface area contributed by atoms with E-state index in [1.54, 1.807) is 23.7 Å². The van der Waals surface area contributed by atoms with Crippen molar-refractivity contribution in [2.75, 3.05) is 11.1 Å². The van der Waals surface area contributed by atoms with Crippen LogP contribution in [0.5, 0.6) is 0 Å². The molecule has 2 rings (SSSR count). The smallest absolute Gasteiger partial charge is 0.246 e. The van der Waals surface area contributed by atoms with E-state index in [4.69, 9.17) is 11.0 Å². The van der Waals surface area contributed by atoms with Crippen molar-refractivity contribution < 1.29 is 4.79 Å². The zero-order chi connectivity index (χ0) is 15.6. The number of nitrogens with two attached hydrogens (primary N) is 1. The van der Waals surface area contributed by atoms with Gasteiger partial charge in [0.25, 0.3) is 0 Å². The lowest BCUT2D eigenvalue weighted by Crippen LogP contribution is -2.21. The number of anilines is 2. The molecule has 21 heavy (non-hydrogen) atoms. The molecule has 0 atom stereocenters. The van der Waals surface area contributed by atoms with Crippen LogP contribution in [-0.4, -0.2) is 15.7 Å². The monoisotopic (exact) mass is 283 g/mol. The summed E-state index contributed by atoms with van der Waals surface area (Å²) in [6.45, 7) is 5.50. The maximum Gasteiger partial charge on any atom is 0.246 e. The molecule has 1 aromatic carbocycles. The SMILES string of the molecule is Cc1cccc(NC(=O)Cn2nc(C)c(N)c2C)c1C#N. The van der Waals surface area contributed by atoms with Gasteiger partial charge < -0.3 is 11.1 Å². The average Bonchev–Trinajstić information content (AvgIpc) is 2.66. The second-order valence-corrected chi connectivity index (χ2v) is 4.90. The summed E-state index contributed by atoms with van der Waals surface area (Å²) >= 11 is 0. The molecule has 0 radical (unpaired) electrons. The van der Waals surface area contributed by atoms with Gasteiger partial charge in [0.2, 0.25) is 5.91 Å². The fraction of sp³-hybridized carbons (Fsp3) is 0.267. The predicted octanol–water partition coefficient (Wildman–Crippen LogP) is 1.90. The van der Waals surface area contributed by atoms with Gasteiger partial charge >= 0.3 is 0 Å². The Hall–Kier alpha value is -2.81. The first-order valence-electron chi connectivity index (χ1n) is 6.53. The Kier molecular flexibility index (Phi) is 3.94. The Morgan fingerprint density at radius 1 is 1.43 bits per heavy atom. The summed E-state index contributed by atoms with van der Waals surface area (Å²) in [7, 11) is 0. The average molecular weight is 283 g/mol. The van der Waals surface area contributed by atoms with E-state index in [9.17, 15) is 4.79 Å². The van der Waals surface area contributed by atoms with Crippen molar-refractivity contribution in [3.63, 3.8) is 0 Å². The number of aryl methyl sites for hydroxylation is 2. The van der Waals surface area contributed by atoms with Gasteiger partial charge in [0.1, 0.15) is 12.6 Å². The molecule has 3 N–H and O–H groups in total. The van der Waals surface area contributed by atoms with Crippen LogP contribution in [0.15, 0.2) is 18.2 Å². The molecule has 0 aliphatic heterocycles. The number of nitrogen functional groups attached to an aromatic ring is 1. The van der Waals surface area contributed by atoms with Gasteiger partial charge in [-0.3, -0.25) is 9.48 Å². The lowest BCUT2D eigenvalue weighted by molar-refractivity contribution is -0.116. The third-order valence-corrected chi connectivity index (χ3v) is 3.39. The fourth-order valence-electron chi connectivity index (χ4n) is 2.11. The van der Waals surface area contributed by atoms with Crippen molar-refractivity contribution in [2.45, 2.75) is 27.3 Å². The molecule has 0 aliphatic carbocycles. The van der Waals surface area contributed by atoms with Gasteiger partial charge in [-0.05, 0) is 32.4 Å². The van der Waals surface area contributed by atoms with Crippen molar-refractivity contribution in [1.29, 1.82) is 5.26 Å². The van der Waals surface area contributed by atoms with E-state index >= 15 is 0 Å². The Morgan fingerprint density at radius 3 is 2.71 bits per heavy atom. The van der Waals surface area contributed by atoms with Crippen molar-refractivity contribution in [1.82, 2.24) is 9.78 Å². The second-order valence-electron chi connectivity index (χ2n) is 4.90. The molecule has 0 fully saturated rings. The van der Waals surface area contributed by atoms with Crippen LogP contribution in [-0.2, 0) is 11.3 Å². The summed E-state index contributed by atoms with van der Waals surface area (Å²) in [5.41, 5.74) is 9.70. The van der Waals surface area contributed by atoms with Crippen LogP contribution in [0.2, 0.25) is 0 Å². The largest absolute Gasteiger partial charge is 0.396 e. The Bertz CT molecular complexity index is 739. The highest BCUT2D eigenvalue weighted by Crippen LogP contribution is 2.19. The van der Waals surface area contributed by atoms with E-state index in [2.05, 4.69) is 16.5 Å². The third-order valence-electron chi connectivity index (χ3n) is 3.39. The zero-order valence-corrected chi connectivity index (χ0v) is 12.3. The highest BCUT2D eigenvalue weighted by Gasteiger charge is 2.13. The maximum atomic E-state index is 12.1. The van der Waals surface area contributed by atoms with Crippen LogP contribution in [0, 0.1) is 32.1 Å². The van der Waals surface area contributed by atoms with Gasteiger partial charge in [-0.2, -0.15) is 10.4 Å². The maximum absolute atomic E-state index is 12.1. The molecular weight excluding hydrogens is 266 g/mol. The number of amides is 1.